The molecule has 0 aliphatic carbocycles. The monoisotopic (exact) mass is 349 g/mol. The van der Waals surface area contributed by atoms with Crippen molar-refractivity contribution >= 4 is 23.5 Å². The van der Waals surface area contributed by atoms with Gasteiger partial charge < -0.3 is 10.1 Å². The van der Waals surface area contributed by atoms with Crippen LogP contribution in [0.4, 0.5) is 0 Å². The smallest absolute Gasteiger partial charge is 0.305 e. The summed E-state index contributed by atoms with van der Waals surface area (Å²) in [5.41, 5.74) is 2.00. The summed E-state index contributed by atoms with van der Waals surface area (Å²) in [5, 5.41) is 10.3. The second-order valence-electron chi connectivity index (χ2n) is 5.31. The number of carbonyl (C=O) groups is 2. The lowest BCUT2D eigenvalue weighted by Gasteiger charge is -2.06. The maximum absolute atomic E-state index is 12.3. The zero-order valence-corrected chi connectivity index (χ0v) is 14.2. The number of H-pyrrole nitrogens is 1. The van der Waals surface area contributed by atoms with E-state index in [1.165, 1.54) is 13.3 Å². The molecule has 0 unspecified atom stereocenters. The predicted molar refractivity (Wildman–Crippen MR) is 91.9 cm³/mol. The minimum Gasteiger partial charge on any atom is -0.469 e. The Bertz CT molecular complexity index is 683. The van der Waals surface area contributed by atoms with Crippen molar-refractivity contribution in [3.63, 3.8) is 0 Å². The first-order valence-corrected chi connectivity index (χ1v) is 8.14. The lowest BCUT2D eigenvalue weighted by atomic mass is 10.1. The van der Waals surface area contributed by atoms with Crippen LogP contribution in [0.3, 0.4) is 0 Å². The number of methoxy groups -OCH3 is 1. The average Bonchev–Trinajstić information content (AvgIpc) is 3.08. The molecule has 0 saturated carbocycles. The number of aromatic amines is 1. The van der Waals surface area contributed by atoms with Crippen molar-refractivity contribution in [3.05, 3.63) is 41.0 Å². The topological polar surface area (TPSA) is 84.1 Å². The molecule has 6 nitrogen and oxygen atoms in total. The number of ether oxygens (including phenoxy) is 1. The fourth-order valence-corrected chi connectivity index (χ4v) is 2.39. The van der Waals surface area contributed by atoms with Gasteiger partial charge in [-0.1, -0.05) is 30.2 Å². The SMILES string of the molecule is COC(=O)CCCCCNC(=O)c1cn[nH]c1-c1ccc(Cl)cc1. The summed E-state index contributed by atoms with van der Waals surface area (Å²) in [4.78, 5) is 23.3. The van der Waals surface area contributed by atoms with Crippen LogP contribution >= 0.6 is 11.6 Å². The number of nitrogens with zero attached hydrogens (tertiary/aromatic N) is 1. The predicted octanol–water partition coefficient (Wildman–Crippen LogP) is 3.19. The molecular formula is C17H20ClN3O3. The number of unbranched alkanes of at least 4 members (excludes halogenated alkanes) is 2. The van der Waals surface area contributed by atoms with Gasteiger partial charge in [0.25, 0.3) is 5.91 Å². The van der Waals surface area contributed by atoms with Crippen molar-refractivity contribution in [1.82, 2.24) is 15.5 Å². The summed E-state index contributed by atoms with van der Waals surface area (Å²) in [6, 6.07) is 7.19. The maximum Gasteiger partial charge on any atom is 0.305 e. The molecular weight excluding hydrogens is 330 g/mol. The van der Waals surface area contributed by atoms with Gasteiger partial charge in [-0.3, -0.25) is 14.7 Å². The van der Waals surface area contributed by atoms with E-state index in [1.807, 2.05) is 12.1 Å². The third-order valence-corrected chi connectivity index (χ3v) is 3.84. The molecule has 1 aromatic carbocycles. The molecule has 1 amide bonds. The number of halogens is 1. The highest BCUT2D eigenvalue weighted by molar-refractivity contribution is 6.30. The van der Waals surface area contributed by atoms with Gasteiger partial charge in [-0.2, -0.15) is 5.10 Å². The largest absolute Gasteiger partial charge is 0.469 e. The molecule has 0 saturated heterocycles. The molecule has 0 radical (unpaired) electrons. The highest BCUT2D eigenvalue weighted by Crippen LogP contribution is 2.22. The number of rotatable bonds is 8. The number of nitrogens with one attached hydrogen (secondary N) is 2. The van der Waals surface area contributed by atoms with Gasteiger partial charge in [0, 0.05) is 23.6 Å². The van der Waals surface area contributed by atoms with Gasteiger partial charge in [0.2, 0.25) is 0 Å². The summed E-state index contributed by atoms with van der Waals surface area (Å²) in [7, 11) is 1.38. The number of hydrogen-bond donors (Lipinski definition) is 2. The van der Waals surface area contributed by atoms with Crippen LogP contribution in [0.25, 0.3) is 11.3 Å². The van der Waals surface area contributed by atoms with Crippen molar-refractivity contribution in [3.8, 4) is 11.3 Å². The third-order valence-electron chi connectivity index (χ3n) is 3.59. The van der Waals surface area contributed by atoms with E-state index in [9.17, 15) is 9.59 Å². The molecule has 2 aromatic rings. The summed E-state index contributed by atoms with van der Waals surface area (Å²) in [6.45, 7) is 0.547. The van der Waals surface area contributed by atoms with E-state index in [1.54, 1.807) is 12.1 Å². The zero-order valence-electron chi connectivity index (χ0n) is 13.5. The van der Waals surface area contributed by atoms with Gasteiger partial charge in [-0.15, -0.1) is 0 Å². The molecule has 0 spiro atoms. The van der Waals surface area contributed by atoms with Crippen LogP contribution in [0.2, 0.25) is 5.02 Å². The Morgan fingerprint density at radius 3 is 2.67 bits per heavy atom. The average molecular weight is 350 g/mol. The number of benzene rings is 1. The van der Waals surface area contributed by atoms with Crippen LogP contribution in [-0.4, -0.2) is 35.7 Å². The van der Waals surface area contributed by atoms with Crippen LogP contribution in [-0.2, 0) is 9.53 Å². The normalized spacial score (nSPS) is 10.4. The lowest BCUT2D eigenvalue weighted by Crippen LogP contribution is -2.24. The number of hydrogen-bond acceptors (Lipinski definition) is 4. The highest BCUT2D eigenvalue weighted by atomic mass is 35.5. The summed E-state index contributed by atoms with van der Waals surface area (Å²) >= 11 is 5.88. The molecule has 0 bridgehead atoms. The van der Waals surface area contributed by atoms with Crippen molar-refractivity contribution < 1.29 is 14.3 Å². The Morgan fingerprint density at radius 2 is 1.96 bits per heavy atom. The van der Waals surface area contributed by atoms with E-state index < -0.39 is 0 Å². The second kappa shape index (κ2) is 9.08. The Labute approximate surface area is 145 Å². The van der Waals surface area contributed by atoms with Crippen LogP contribution in [0.5, 0.6) is 0 Å². The van der Waals surface area contributed by atoms with Crippen molar-refractivity contribution in [2.45, 2.75) is 25.7 Å². The molecule has 0 aliphatic rings. The Kier molecular flexibility index (Phi) is 6.81. The summed E-state index contributed by atoms with van der Waals surface area (Å²) < 4.78 is 4.58. The van der Waals surface area contributed by atoms with E-state index in [0.717, 1.165) is 24.8 Å². The number of carbonyl (C=O) groups excluding carboxylic acids is 2. The lowest BCUT2D eigenvalue weighted by molar-refractivity contribution is -0.140. The Balaban J connectivity index is 1.82. The van der Waals surface area contributed by atoms with E-state index >= 15 is 0 Å². The van der Waals surface area contributed by atoms with Gasteiger partial charge in [-0.25, -0.2) is 0 Å². The maximum atomic E-state index is 12.3. The van der Waals surface area contributed by atoms with Crippen molar-refractivity contribution in [1.29, 1.82) is 0 Å². The molecule has 2 N–H and O–H groups in total. The fourth-order valence-electron chi connectivity index (χ4n) is 2.27. The Hall–Kier alpha value is -2.34. The number of amides is 1. The molecule has 24 heavy (non-hydrogen) atoms. The van der Waals surface area contributed by atoms with E-state index in [-0.39, 0.29) is 11.9 Å². The molecule has 7 heteroatoms. The van der Waals surface area contributed by atoms with Gasteiger partial charge in [-0.05, 0) is 25.0 Å². The van der Waals surface area contributed by atoms with Crippen molar-refractivity contribution in [2.24, 2.45) is 0 Å². The van der Waals surface area contributed by atoms with Gasteiger partial charge in [0.1, 0.15) is 0 Å². The zero-order chi connectivity index (χ0) is 17.4. The number of esters is 1. The molecule has 1 aromatic heterocycles. The summed E-state index contributed by atoms with van der Waals surface area (Å²) in [5.74, 6) is -0.383. The molecule has 2 rings (SSSR count). The fraction of sp³-hybridized carbons (Fsp3) is 0.353. The van der Waals surface area contributed by atoms with Gasteiger partial charge in [0.15, 0.2) is 0 Å². The van der Waals surface area contributed by atoms with E-state index in [4.69, 9.17) is 11.6 Å². The first kappa shape index (κ1) is 18.0. The molecule has 0 aliphatic heterocycles. The third kappa shape index (κ3) is 5.09. The first-order chi connectivity index (χ1) is 11.6. The van der Waals surface area contributed by atoms with E-state index in [2.05, 4.69) is 20.3 Å². The van der Waals surface area contributed by atoms with Crippen molar-refractivity contribution in [2.75, 3.05) is 13.7 Å². The van der Waals surface area contributed by atoms with Crippen LogP contribution in [0, 0.1) is 0 Å². The standard InChI is InChI=1S/C17H20ClN3O3/c1-24-15(22)5-3-2-4-10-19-17(23)14-11-20-21-16(14)12-6-8-13(18)9-7-12/h6-9,11H,2-5,10H2,1H3,(H,19,23)(H,20,21). The molecule has 128 valence electrons. The van der Waals surface area contributed by atoms with Crippen LogP contribution in [0.1, 0.15) is 36.0 Å². The highest BCUT2D eigenvalue weighted by Gasteiger charge is 2.14. The quantitative estimate of drug-likeness (QED) is 0.566. The molecule has 1 heterocycles. The minimum absolute atomic E-state index is 0.179. The first-order valence-electron chi connectivity index (χ1n) is 7.76. The second-order valence-corrected chi connectivity index (χ2v) is 5.74. The van der Waals surface area contributed by atoms with Gasteiger partial charge >= 0.3 is 5.97 Å². The minimum atomic E-state index is -0.204. The van der Waals surface area contributed by atoms with Gasteiger partial charge in [0.05, 0.1) is 24.6 Å². The summed E-state index contributed by atoms with van der Waals surface area (Å²) in [6.07, 6.45) is 4.33. The van der Waals surface area contributed by atoms with Crippen LogP contribution < -0.4 is 5.32 Å². The van der Waals surface area contributed by atoms with Crippen LogP contribution in [0.15, 0.2) is 30.5 Å². The molecule has 0 atom stereocenters. The van der Waals surface area contributed by atoms with E-state index in [0.29, 0.717) is 29.2 Å². The Morgan fingerprint density at radius 1 is 1.21 bits per heavy atom. The molecule has 0 fully saturated rings. The number of aromatic nitrogens is 2.